The lowest BCUT2D eigenvalue weighted by molar-refractivity contribution is 0.306. The molecule has 1 aliphatic heterocycles. The van der Waals surface area contributed by atoms with Crippen LogP contribution in [0.15, 0.2) is 9.52 Å². The molecule has 0 atom stereocenters. The molecule has 1 aliphatic rings. The van der Waals surface area contributed by atoms with Gasteiger partial charge in [-0.05, 0) is 19.3 Å². The van der Waals surface area contributed by atoms with Crippen LogP contribution in [0.4, 0.5) is 0 Å². The summed E-state index contributed by atoms with van der Waals surface area (Å²) >= 11 is 0. The van der Waals surface area contributed by atoms with E-state index in [4.69, 9.17) is 4.52 Å². The van der Waals surface area contributed by atoms with Crippen LogP contribution < -0.4 is 10.6 Å². The fourth-order valence-electron chi connectivity index (χ4n) is 2.95. The summed E-state index contributed by atoms with van der Waals surface area (Å²) in [7, 11) is -1.38. The summed E-state index contributed by atoms with van der Waals surface area (Å²) in [6.45, 7) is 7.67. The second-order valence-corrected chi connectivity index (χ2v) is 9.17. The Kier molecular flexibility index (Phi) is 10.7. The van der Waals surface area contributed by atoms with E-state index < -0.39 is 10.0 Å². The summed E-state index contributed by atoms with van der Waals surface area (Å²) in [5.74, 6) is 2.50. The molecule has 0 aliphatic carbocycles. The van der Waals surface area contributed by atoms with Crippen molar-refractivity contribution < 1.29 is 12.9 Å². The fraction of sp³-hybridized carbons (Fsp3) is 0.824. The molecule has 162 valence electrons. The van der Waals surface area contributed by atoms with E-state index in [0.717, 1.165) is 18.7 Å². The normalized spacial score (nSPS) is 16.8. The summed E-state index contributed by atoms with van der Waals surface area (Å²) in [4.78, 5) is 8.59. The minimum atomic E-state index is -3.10. The number of rotatable bonds is 8. The predicted molar refractivity (Wildman–Crippen MR) is 121 cm³/mol. The van der Waals surface area contributed by atoms with Gasteiger partial charge >= 0.3 is 0 Å². The number of aliphatic imine (C=N–C) groups is 1. The van der Waals surface area contributed by atoms with Crippen LogP contribution in [0.2, 0.25) is 0 Å². The number of nitrogens with one attached hydrogen (secondary N) is 2. The van der Waals surface area contributed by atoms with E-state index in [0.29, 0.717) is 44.3 Å². The fourth-order valence-corrected chi connectivity index (χ4v) is 4.49. The standard InChI is InChI=1S/C17H32N6O3S.HI/c1-5-12-27(24,25)23-10-7-14(8-11-23)20-17(18-4)19-9-6-15-21-16(13(2)3)22-26-15;/h13-14H,5-12H2,1-4H3,(H2,18,19,20);1H. The molecule has 1 aromatic heterocycles. The molecule has 0 amide bonds. The van der Waals surface area contributed by atoms with Crippen LogP contribution in [0.1, 0.15) is 57.7 Å². The number of hydrogen-bond acceptors (Lipinski definition) is 6. The summed E-state index contributed by atoms with van der Waals surface area (Å²) < 4.78 is 31.1. The molecule has 2 rings (SSSR count). The van der Waals surface area contributed by atoms with Gasteiger partial charge in [-0.15, -0.1) is 24.0 Å². The van der Waals surface area contributed by atoms with Crippen molar-refractivity contribution in [3.63, 3.8) is 0 Å². The Balaban J connectivity index is 0.00000392. The van der Waals surface area contributed by atoms with E-state index in [1.807, 2.05) is 20.8 Å². The molecule has 0 aromatic carbocycles. The lowest BCUT2D eigenvalue weighted by Crippen LogP contribution is -2.50. The van der Waals surface area contributed by atoms with Gasteiger partial charge in [0.05, 0.1) is 5.75 Å². The molecule has 28 heavy (non-hydrogen) atoms. The lowest BCUT2D eigenvalue weighted by Gasteiger charge is -2.32. The van der Waals surface area contributed by atoms with Crippen molar-refractivity contribution in [1.29, 1.82) is 0 Å². The van der Waals surface area contributed by atoms with Crippen molar-refractivity contribution >= 4 is 40.0 Å². The van der Waals surface area contributed by atoms with E-state index in [2.05, 4.69) is 25.8 Å². The van der Waals surface area contributed by atoms with Crippen LogP contribution in [-0.2, 0) is 16.4 Å². The first-order valence-corrected chi connectivity index (χ1v) is 11.2. The highest BCUT2D eigenvalue weighted by Gasteiger charge is 2.27. The SMILES string of the molecule is CCCS(=O)(=O)N1CCC(NC(=NC)NCCc2nc(C(C)C)no2)CC1.I. The molecule has 0 bridgehead atoms. The Labute approximate surface area is 185 Å². The molecule has 1 aromatic rings. The van der Waals surface area contributed by atoms with Crippen molar-refractivity contribution in [2.75, 3.05) is 32.4 Å². The molecule has 2 N–H and O–H groups in total. The van der Waals surface area contributed by atoms with E-state index in [1.54, 1.807) is 11.4 Å². The highest BCUT2D eigenvalue weighted by Crippen LogP contribution is 2.15. The molecule has 0 spiro atoms. The van der Waals surface area contributed by atoms with Gasteiger partial charge in [-0.1, -0.05) is 25.9 Å². The predicted octanol–water partition coefficient (Wildman–Crippen LogP) is 1.72. The minimum Gasteiger partial charge on any atom is -0.356 e. The van der Waals surface area contributed by atoms with Crippen molar-refractivity contribution in [1.82, 2.24) is 25.1 Å². The molecule has 1 saturated heterocycles. The Morgan fingerprint density at radius 1 is 1.36 bits per heavy atom. The maximum Gasteiger partial charge on any atom is 0.228 e. The van der Waals surface area contributed by atoms with E-state index in [1.165, 1.54) is 0 Å². The number of guanidine groups is 1. The lowest BCUT2D eigenvalue weighted by atomic mass is 10.1. The highest BCUT2D eigenvalue weighted by molar-refractivity contribution is 14.0. The number of hydrogen-bond donors (Lipinski definition) is 2. The molecule has 0 radical (unpaired) electrons. The van der Waals surface area contributed by atoms with E-state index >= 15 is 0 Å². The number of nitrogens with zero attached hydrogens (tertiary/aromatic N) is 4. The monoisotopic (exact) mass is 528 g/mol. The van der Waals surface area contributed by atoms with Crippen molar-refractivity contribution in [2.24, 2.45) is 4.99 Å². The summed E-state index contributed by atoms with van der Waals surface area (Å²) in [5, 5.41) is 10.6. The van der Waals surface area contributed by atoms with Gasteiger partial charge in [-0.2, -0.15) is 4.98 Å². The second-order valence-electron chi connectivity index (χ2n) is 7.08. The molecular formula is C17H33IN6O3S. The van der Waals surface area contributed by atoms with Crippen molar-refractivity contribution in [3.05, 3.63) is 11.7 Å². The Hall–Kier alpha value is -0.950. The summed E-state index contributed by atoms with van der Waals surface area (Å²) in [6.07, 6.45) is 2.81. The molecule has 11 heteroatoms. The van der Waals surface area contributed by atoms with E-state index in [9.17, 15) is 8.42 Å². The molecular weight excluding hydrogens is 495 g/mol. The molecule has 2 heterocycles. The topological polar surface area (TPSA) is 113 Å². The van der Waals surface area contributed by atoms with Gasteiger partial charge in [0.15, 0.2) is 11.8 Å². The number of sulfonamides is 1. The number of halogens is 1. The zero-order valence-electron chi connectivity index (χ0n) is 17.1. The van der Waals surface area contributed by atoms with Crippen LogP contribution in [0.3, 0.4) is 0 Å². The Morgan fingerprint density at radius 3 is 2.57 bits per heavy atom. The van der Waals surface area contributed by atoms with Crippen LogP contribution in [-0.4, -0.2) is 67.3 Å². The molecule has 0 saturated carbocycles. The molecule has 1 fully saturated rings. The number of aromatic nitrogens is 2. The first-order chi connectivity index (χ1) is 12.9. The van der Waals surface area contributed by atoms with Crippen LogP contribution in [0.25, 0.3) is 0 Å². The van der Waals surface area contributed by atoms with Gasteiger partial charge in [0.25, 0.3) is 0 Å². The Morgan fingerprint density at radius 2 is 2.04 bits per heavy atom. The molecule has 0 unspecified atom stereocenters. The highest BCUT2D eigenvalue weighted by atomic mass is 127. The van der Waals surface area contributed by atoms with Gasteiger partial charge in [-0.3, -0.25) is 4.99 Å². The van der Waals surface area contributed by atoms with Crippen molar-refractivity contribution in [2.45, 2.75) is 58.4 Å². The summed E-state index contributed by atoms with van der Waals surface area (Å²) in [5.41, 5.74) is 0. The van der Waals surface area contributed by atoms with Crippen LogP contribution >= 0.6 is 24.0 Å². The minimum absolute atomic E-state index is 0. The smallest absolute Gasteiger partial charge is 0.228 e. The van der Waals surface area contributed by atoms with Gasteiger partial charge in [0.1, 0.15) is 0 Å². The zero-order chi connectivity index (χ0) is 19.9. The second kappa shape index (κ2) is 11.9. The maximum absolute atomic E-state index is 12.1. The van der Waals surface area contributed by atoms with Crippen molar-refractivity contribution in [3.8, 4) is 0 Å². The molecule has 9 nitrogen and oxygen atoms in total. The quantitative estimate of drug-likeness (QED) is 0.300. The first-order valence-electron chi connectivity index (χ1n) is 9.63. The van der Waals surface area contributed by atoms with Gasteiger partial charge in [0.2, 0.25) is 15.9 Å². The third kappa shape index (κ3) is 7.47. The van der Waals surface area contributed by atoms with E-state index in [-0.39, 0.29) is 41.7 Å². The average Bonchev–Trinajstić information content (AvgIpc) is 3.10. The zero-order valence-corrected chi connectivity index (χ0v) is 20.3. The third-order valence-electron chi connectivity index (χ3n) is 4.51. The maximum atomic E-state index is 12.1. The van der Waals surface area contributed by atoms with Gasteiger partial charge in [-0.25, -0.2) is 12.7 Å². The van der Waals surface area contributed by atoms with Gasteiger partial charge < -0.3 is 15.2 Å². The van der Waals surface area contributed by atoms with Gasteiger partial charge in [0, 0.05) is 45.1 Å². The van der Waals surface area contributed by atoms with Crippen LogP contribution in [0.5, 0.6) is 0 Å². The largest absolute Gasteiger partial charge is 0.356 e. The summed E-state index contributed by atoms with van der Waals surface area (Å²) in [6, 6.07) is 0.209. The third-order valence-corrected chi connectivity index (χ3v) is 6.58. The first kappa shape index (κ1) is 25.1. The average molecular weight is 528 g/mol. The number of piperidine rings is 1. The Bertz CT molecular complexity index is 714. The van der Waals surface area contributed by atoms with Crippen LogP contribution in [0, 0.1) is 0 Å².